The number of nitrogens with zero attached hydrogens (tertiary/aromatic N) is 6. The fraction of sp³-hybridized carbons (Fsp3) is 0.417. The van der Waals surface area contributed by atoms with Crippen LogP contribution in [0.4, 0.5) is 4.79 Å². The number of cyclic esters (lactones) is 1. The van der Waals surface area contributed by atoms with Gasteiger partial charge >= 0.3 is 16.3 Å². The van der Waals surface area contributed by atoms with Gasteiger partial charge in [0.25, 0.3) is 10.0 Å². The van der Waals surface area contributed by atoms with Crippen molar-refractivity contribution < 1.29 is 26.4 Å². The smallest absolute Gasteiger partial charge is 0.424 e. The first-order chi connectivity index (χ1) is 18.6. The van der Waals surface area contributed by atoms with Crippen molar-refractivity contribution in [3.05, 3.63) is 54.1 Å². The molecule has 0 radical (unpaired) electrons. The molecule has 39 heavy (non-hydrogen) atoms. The van der Waals surface area contributed by atoms with E-state index in [-0.39, 0.29) is 35.5 Å². The molecule has 1 amide bonds. The Morgan fingerprint density at radius 1 is 1.08 bits per heavy atom. The summed E-state index contributed by atoms with van der Waals surface area (Å²) < 4.78 is 63.6. The van der Waals surface area contributed by atoms with Gasteiger partial charge in [-0.1, -0.05) is 31.0 Å². The fourth-order valence-corrected chi connectivity index (χ4v) is 8.17. The summed E-state index contributed by atoms with van der Waals surface area (Å²) in [5, 5.41) is 8.72. The van der Waals surface area contributed by atoms with Gasteiger partial charge in [0.1, 0.15) is 12.4 Å². The average Bonchev–Trinajstić information content (AvgIpc) is 3.68. The van der Waals surface area contributed by atoms with Crippen molar-refractivity contribution in [3.63, 3.8) is 0 Å². The molecule has 1 N–H and O–H groups in total. The Bertz CT molecular complexity index is 1800. The molecule has 15 heteroatoms. The van der Waals surface area contributed by atoms with Gasteiger partial charge in [-0.05, 0) is 43.9 Å². The van der Waals surface area contributed by atoms with Gasteiger partial charge in [-0.25, -0.2) is 22.2 Å². The number of amides is 1. The lowest BCUT2D eigenvalue weighted by molar-refractivity contribution is 0.169. The van der Waals surface area contributed by atoms with Crippen LogP contribution in [0.5, 0.6) is 0 Å². The largest absolute Gasteiger partial charge is 0.447 e. The second-order valence-corrected chi connectivity index (χ2v) is 13.3. The molecule has 3 atom stereocenters. The predicted molar refractivity (Wildman–Crippen MR) is 140 cm³/mol. The van der Waals surface area contributed by atoms with Crippen molar-refractivity contribution in [2.24, 2.45) is 5.92 Å². The minimum Gasteiger partial charge on any atom is -0.447 e. The minimum atomic E-state index is -4.05. The van der Waals surface area contributed by atoms with Crippen LogP contribution in [0.1, 0.15) is 43.5 Å². The molecular formula is C24H27N7O6S2. The highest BCUT2D eigenvalue weighted by molar-refractivity contribution is 7.90. The average molecular weight is 574 g/mol. The lowest BCUT2D eigenvalue weighted by atomic mass is 9.93. The van der Waals surface area contributed by atoms with Gasteiger partial charge in [0, 0.05) is 18.2 Å². The SMILES string of the molecule is CCC1CC(NS(=O)(=O)N2CCOC2=O)CC1c1nnc2cnc3c(ccn3S(=O)(=O)c3ccc(C)cc3)n12. The lowest BCUT2D eigenvalue weighted by Gasteiger charge is -2.18. The van der Waals surface area contributed by atoms with Crippen molar-refractivity contribution in [2.45, 2.75) is 50.0 Å². The Labute approximate surface area is 225 Å². The van der Waals surface area contributed by atoms with Crippen molar-refractivity contribution in [2.75, 3.05) is 13.2 Å². The topological polar surface area (TPSA) is 158 Å². The number of aromatic nitrogens is 5. The molecule has 1 saturated carbocycles. The molecule has 2 aliphatic rings. The van der Waals surface area contributed by atoms with Gasteiger partial charge in [-0.2, -0.15) is 17.4 Å². The van der Waals surface area contributed by atoms with Crippen LogP contribution in [-0.4, -0.2) is 70.0 Å². The quantitative estimate of drug-likeness (QED) is 0.350. The monoisotopic (exact) mass is 573 g/mol. The van der Waals surface area contributed by atoms with Gasteiger partial charge in [0.15, 0.2) is 11.3 Å². The number of aryl methyl sites for hydroxylation is 1. The van der Waals surface area contributed by atoms with Crippen molar-refractivity contribution in [1.29, 1.82) is 0 Å². The zero-order valence-electron chi connectivity index (χ0n) is 21.3. The van der Waals surface area contributed by atoms with E-state index in [0.29, 0.717) is 34.1 Å². The highest BCUT2D eigenvalue weighted by Gasteiger charge is 2.41. The maximum absolute atomic E-state index is 13.4. The second-order valence-electron chi connectivity index (χ2n) is 9.90. The minimum absolute atomic E-state index is 0.0240. The Morgan fingerprint density at radius 2 is 1.85 bits per heavy atom. The summed E-state index contributed by atoms with van der Waals surface area (Å²) in [4.78, 5) is 16.4. The molecule has 0 spiro atoms. The Morgan fingerprint density at radius 3 is 2.54 bits per heavy atom. The number of ether oxygens (including phenoxy) is 1. The normalized spacial score (nSPS) is 22.3. The van der Waals surface area contributed by atoms with Crippen LogP contribution in [-0.2, 0) is 25.0 Å². The molecule has 4 aromatic rings. The molecule has 1 aromatic carbocycles. The van der Waals surface area contributed by atoms with Crippen molar-refractivity contribution in [3.8, 4) is 0 Å². The third-order valence-corrected chi connectivity index (χ3v) is 10.7. The number of hydrogen-bond donors (Lipinski definition) is 1. The summed E-state index contributed by atoms with van der Waals surface area (Å²) >= 11 is 0. The Balaban J connectivity index is 1.36. The maximum atomic E-state index is 13.4. The number of nitrogens with one attached hydrogen (secondary N) is 1. The highest BCUT2D eigenvalue weighted by Crippen LogP contribution is 2.42. The molecule has 6 rings (SSSR count). The lowest BCUT2D eigenvalue weighted by Crippen LogP contribution is -2.45. The summed E-state index contributed by atoms with van der Waals surface area (Å²) in [5.74, 6) is 0.528. The molecule has 2 fully saturated rings. The Kier molecular flexibility index (Phi) is 6.11. The summed E-state index contributed by atoms with van der Waals surface area (Å²) in [6.45, 7) is 3.91. The van der Waals surface area contributed by atoms with E-state index in [0.717, 1.165) is 16.0 Å². The standard InChI is InChI=1S/C24H27N7O6S2/c1-3-16-12-17(28-39(35,36)30-10-11-37-24(30)32)13-19(16)22-27-26-21-14-25-23-20(31(21)22)8-9-29(23)38(33,34)18-6-4-15(2)5-7-18/h4-9,14,16-17,19,28H,3,10-13H2,1-2H3. The molecule has 13 nitrogen and oxygen atoms in total. The summed E-state index contributed by atoms with van der Waals surface area (Å²) in [7, 11) is -7.95. The number of carbonyl (C=O) groups excluding carboxylic acids is 1. The number of rotatable bonds is 7. The van der Waals surface area contributed by atoms with E-state index in [4.69, 9.17) is 4.74 Å². The molecule has 1 aliphatic heterocycles. The third kappa shape index (κ3) is 4.24. The van der Waals surface area contributed by atoms with Crippen LogP contribution in [0.2, 0.25) is 0 Å². The van der Waals surface area contributed by atoms with Crippen LogP contribution in [0.15, 0.2) is 47.6 Å². The molecule has 3 aromatic heterocycles. The maximum Gasteiger partial charge on any atom is 0.424 e. The first-order valence-corrected chi connectivity index (χ1v) is 15.5. The fourth-order valence-electron chi connectivity index (χ4n) is 5.57. The zero-order valence-corrected chi connectivity index (χ0v) is 22.9. The van der Waals surface area contributed by atoms with Crippen LogP contribution in [0.3, 0.4) is 0 Å². The van der Waals surface area contributed by atoms with Gasteiger partial charge < -0.3 is 4.74 Å². The predicted octanol–water partition coefficient (Wildman–Crippen LogP) is 2.18. The molecule has 3 unspecified atom stereocenters. The summed E-state index contributed by atoms with van der Waals surface area (Å²) in [6, 6.07) is 7.85. The summed E-state index contributed by atoms with van der Waals surface area (Å²) in [6.07, 6.45) is 3.82. The molecule has 4 heterocycles. The number of carbonyl (C=O) groups is 1. The van der Waals surface area contributed by atoms with E-state index in [1.165, 1.54) is 12.4 Å². The highest BCUT2D eigenvalue weighted by atomic mass is 32.2. The van der Waals surface area contributed by atoms with Gasteiger partial charge in [0.05, 0.1) is 23.2 Å². The van der Waals surface area contributed by atoms with Crippen molar-refractivity contribution in [1.82, 2.24) is 32.6 Å². The van der Waals surface area contributed by atoms with E-state index < -0.39 is 32.4 Å². The molecule has 0 bridgehead atoms. The van der Waals surface area contributed by atoms with E-state index in [1.807, 2.05) is 13.8 Å². The molecule has 1 aliphatic carbocycles. The number of hydrogen-bond acceptors (Lipinski definition) is 9. The zero-order chi connectivity index (χ0) is 27.5. The van der Waals surface area contributed by atoms with Crippen LogP contribution >= 0.6 is 0 Å². The van der Waals surface area contributed by atoms with Crippen LogP contribution in [0.25, 0.3) is 16.8 Å². The third-order valence-electron chi connectivity index (χ3n) is 7.52. The van der Waals surface area contributed by atoms with Gasteiger partial charge in [-0.3, -0.25) is 4.40 Å². The van der Waals surface area contributed by atoms with Crippen LogP contribution < -0.4 is 4.72 Å². The van der Waals surface area contributed by atoms with Gasteiger partial charge in [-0.15, -0.1) is 10.2 Å². The van der Waals surface area contributed by atoms with Gasteiger partial charge in [0.2, 0.25) is 0 Å². The van der Waals surface area contributed by atoms with E-state index in [1.54, 1.807) is 34.7 Å². The van der Waals surface area contributed by atoms with E-state index in [2.05, 4.69) is 19.9 Å². The second kappa shape index (κ2) is 9.27. The molecule has 1 saturated heterocycles. The van der Waals surface area contributed by atoms with E-state index >= 15 is 0 Å². The van der Waals surface area contributed by atoms with Crippen LogP contribution in [0, 0.1) is 12.8 Å². The summed E-state index contributed by atoms with van der Waals surface area (Å²) in [5.41, 5.74) is 2.17. The number of fused-ring (bicyclic) bond motifs is 3. The first-order valence-electron chi connectivity index (χ1n) is 12.6. The molecule has 206 valence electrons. The first kappa shape index (κ1) is 25.7. The number of benzene rings is 1. The van der Waals surface area contributed by atoms with E-state index in [9.17, 15) is 21.6 Å². The van der Waals surface area contributed by atoms with Crippen molar-refractivity contribution >= 4 is 43.1 Å². The Hall–Kier alpha value is -3.56. The molecular weight excluding hydrogens is 546 g/mol.